The fourth-order valence-electron chi connectivity index (χ4n) is 4.31. The smallest absolute Gasteiger partial charge is 0.150 e. The zero-order chi connectivity index (χ0) is 23.5. The van der Waals surface area contributed by atoms with Gasteiger partial charge in [-0.1, -0.05) is 18.5 Å². The molecule has 3 heterocycles. The van der Waals surface area contributed by atoms with Crippen molar-refractivity contribution in [3.63, 3.8) is 0 Å². The van der Waals surface area contributed by atoms with Gasteiger partial charge in [0.25, 0.3) is 0 Å². The van der Waals surface area contributed by atoms with Crippen molar-refractivity contribution in [3.8, 4) is 17.0 Å². The number of anilines is 2. The molecule has 0 aliphatic carbocycles. The van der Waals surface area contributed by atoms with Crippen LogP contribution in [0.2, 0.25) is 5.02 Å². The minimum atomic E-state index is -0.00210. The fraction of sp³-hybridized carbons (Fsp3) is 0.346. The van der Waals surface area contributed by atoms with Gasteiger partial charge in [0.2, 0.25) is 0 Å². The second-order valence-corrected chi connectivity index (χ2v) is 8.83. The quantitative estimate of drug-likeness (QED) is 0.306. The second-order valence-electron chi connectivity index (χ2n) is 8.43. The largest absolute Gasteiger partial charge is 0.497 e. The summed E-state index contributed by atoms with van der Waals surface area (Å²) >= 11 is 6.58. The summed E-state index contributed by atoms with van der Waals surface area (Å²) in [5.41, 5.74) is 5.27. The van der Waals surface area contributed by atoms with Crippen LogP contribution in [0.1, 0.15) is 38.8 Å². The van der Waals surface area contributed by atoms with Crippen LogP contribution in [-0.4, -0.2) is 40.0 Å². The van der Waals surface area contributed by atoms with E-state index in [9.17, 15) is 0 Å². The summed E-state index contributed by atoms with van der Waals surface area (Å²) in [5.74, 6) is 0.766. The van der Waals surface area contributed by atoms with Crippen molar-refractivity contribution < 1.29 is 9.47 Å². The molecule has 176 valence electrons. The summed E-state index contributed by atoms with van der Waals surface area (Å²) in [6, 6.07) is 11.8. The highest BCUT2D eigenvalue weighted by molar-refractivity contribution is 6.33. The highest BCUT2D eigenvalue weighted by Gasteiger charge is 2.18. The van der Waals surface area contributed by atoms with Crippen molar-refractivity contribution >= 4 is 34.0 Å². The van der Waals surface area contributed by atoms with E-state index < -0.39 is 0 Å². The van der Waals surface area contributed by atoms with Crippen LogP contribution in [0, 0.1) is 0 Å². The normalized spacial score (nSPS) is 16.0. The predicted octanol–water partition coefficient (Wildman–Crippen LogP) is 6.40. The molecule has 1 unspecified atom stereocenters. The number of aromatic nitrogens is 4. The van der Waals surface area contributed by atoms with E-state index in [0.717, 1.165) is 78.2 Å². The molecule has 2 aromatic heterocycles. The monoisotopic (exact) mass is 477 g/mol. The van der Waals surface area contributed by atoms with Crippen LogP contribution in [-0.2, 0) is 4.74 Å². The lowest BCUT2D eigenvalue weighted by Crippen LogP contribution is -2.18. The Labute approximate surface area is 204 Å². The van der Waals surface area contributed by atoms with Gasteiger partial charge in [-0.15, -0.1) is 0 Å². The van der Waals surface area contributed by atoms with Crippen molar-refractivity contribution in [2.24, 2.45) is 0 Å². The maximum Gasteiger partial charge on any atom is 0.150 e. The number of halogens is 1. The molecule has 1 fully saturated rings. The summed E-state index contributed by atoms with van der Waals surface area (Å²) in [5, 5.41) is 5.19. The zero-order valence-electron chi connectivity index (χ0n) is 19.4. The van der Waals surface area contributed by atoms with E-state index >= 15 is 0 Å². The van der Waals surface area contributed by atoms with Crippen LogP contribution in [0.4, 0.5) is 11.4 Å². The van der Waals surface area contributed by atoms with Gasteiger partial charge in [0.1, 0.15) is 12.0 Å². The van der Waals surface area contributed by atoms with Gasteiger partial charge in [0.15, 0.2) is 0 Å². The van der Waals surface area contributed by atoms with Crippen LogP contribution in [0.25, 0.3) is 22.3 Å². The lowest BCUT2D eigenvalue weighted by atomic mass is 10.2. The van der Waals surface area contributed by atoms with E-state index in [1.165, 1.54) is 0 Å². The number of hydrogen-bond donors (Lipinski definition) is 0. The third-order valence-corrected chi connectivity index (χ3v) is 6.40. The molecule has 5 rings (SSSR count). The molecule has 1 aliphatic rings. The molecule has 1 saturated heterocycles. The third kappa shape index (κ3) is 4.58. The summed E-state index contributed by atoms with van der Waals surface area (Å²) in [7, 11) is 1.66. The minimum Gasteiger partial charge on any atom is -0.497 e. The van der Waals surface area contributed by atoms with E-state index in [1.54, 1.807) is 13.3 Å². The lowest BCUT2D eigenvalue weighted by Gasteiger charge is -2.26. The molecule has 4 aromatic rings. The first-order valence-corrected chi connectivity index (χ1v) is 12.1. The molecular formula is C26H28ClN5O2. The first-order chi connectivity index (χ1) is 16.7. The van der Waals surface area contributed by atoms with Crippen molar-refractivity contribution in [3.05, 3.63) is 60.0 Å². The second kappa shape index (κ2) is 9.99. The molecule has 8 heteroatoms. The molecule has 34 heavy (non-hydrogen) atoms. The van der Waals surface area contributed by atoms with Crippen LogP contribution in [0.3, 0.4) is 0 Å². The van der Waals surface area contributed by atoms with Gasteiger partial charge >= 0.3 is 0 Å². The van der Waals surface area contributed by atoms with Crippen molar-refractivity contribution in [1.82, 2.24) is 19.7 Å². The van der Waals surface area contributed by atoms with E-state index in [2.05, 4.69) is 34.0 Å². The highest BCUT2D eigenvalue weighted by Crippen LogP contribution is 2.36. The van der Waals surface area contributed by atoms with Gasteiger partial charge < -0.3 is 14.4 Å². The van der Waals surface area contributed by atoms with E-state index in [4.69, 9.17) is 26.1 Å². The molecule has 0 radical (unpaired) electrons. The molecule has 1 aliphatic heterocycles. The zero-order valence-corrected chi connectivity index (χ0v) is 20.2. The SMILES string of the molecule is CCCN(c1ccc2ncc(-c3cnn(C4CCCCO4)c3)nc2c1)c1cc(OC)ccc1Cl. The van der Waals surface area contributed by atoms with Gasteiger partial charge in [-0.25, -0.2) is 9.67 Å². The highest BCUT2D eigenvalue weighted by atomic mass is 35.5. The molecule has 1 atom stereocenters. The number of ether oxygens (including phenoxy) is 2. The van der Waals surface area contributed by atoms with Crippen LogP contribution < -0.4 is 9.64 Å². The number of rotatable bonds is 7. The van der Waals surface area contributed by atoms with Crippen molar-refractivity contribution in [2.75, 3.05) is 25.2 Å². The molecule has 0 spiro atoms. The molecule has 0 N–H and O–H groups in total. The summed E-state index contributed by atoms with van der Waals surface area (Å²) in [6.45, 7) is 3.73. The Morgan fingerprint density at radius 1 is 1.15 bits per heavy atom. The van der Waals surface area contributed by atoms with Crippen LogP contribution in [0.5, 0.6) is 5.75 Å². The number of hydrogen-bond acceptors (Lipinski definition) is 6. The first-order valence-electron chi connectivity index (χ1n) is 11.7. The minimum absolute atomic E-state index is 0.00210. The van der Waals surface area contributed by atoms with Gasteiger partial charge in [-0.2, -0.15) is 5.10 Å². The Kier molecular flexibility index (Phi) is 6.65. The molecular weight excluding hydrogens is 450 g/mol. The average Bonchev–Trinajstić information content (AvgIpc) is 3.38. The lowest BCUT2D eigenvalue weighted by molar-refractivity contribution is -0.0394. The third-order valence-electron chi connectivity index (χ3n) is 6.08. The Hall–Kier alpha value is -3.16. The summed E-state index contributed by atoms with van der Waals surface area (Å²) in [6.07, 6.45) is 9.83. The predicted molar refractivity (Wildman–Crippen MR) is 135 cm³/mol. The Morgan fingerprint density at radius 2 is 2.06 bits per heavy atom. The van der Waals surface area contributed by atoms with E-state index in [-0.39, 0.29) is 6.23 Å². The standard InChI is InChI=1S/C26H28ClN5O2/c1-3-11-31(25-14-20(33-2)8-9-21(25)27)19-7-10-22-23(13-19)30-24(16-28-22)18-15-29-32(17-18)26-6-4-5-12-34-26/h7-10,13-17,26H,3-6,11-12H2,1-2H3. The van der Waals surface area contributed by atoms with E-state index in [1.807, 2.05) is 41.3 Å². The van der Waals surface area contributed by atoms with Gasteiger partial charge in [0.05, 0.1) is 46.9 Å². The van der Waals surface area contributed by atoms with Gasteiger partial charge in [0, 0.05) is 36.7 Å². The number of benzene rings is 2. The average molecular weight is 478 g/mol. The number of methoxy groups -OCH3 is 1. The first kappa shape index (κ1) is 22.6. The van der Waals surface area contributed by atoms with Crippen molar-refractivity contribution in [2.45, 2.75) is 38.8 Å². The molecule has 7 nitrogen and oxygen atoms in total. The number of fused-ring (bicyclic) bond motifs is 1. The van der Waals surface area contributed by atoms with Crippen LogP contribution in [0.15, 0.2) is 55.0 Å². The number of nitrogens with zero attached hydrogens (tertiary/aromatic N) is 5. The Balaban J connectivity index is 1.49. The summed E-state index contributed by atoms with van der Waals surface area (Å²) < 4.78 is 13.2. The molecule has 0 saturated carbocycles. The van der Waals surface area contributed by atoms with Gasteiger partial charge in [-0.05, 0) is 56.0 Å². The molecule has 0 bridgehead atoms. The summed E-state index contributed by atoms with van der Waals surface area (Å²) in [4.78, 5) is 11.8. The fourth-order valence-corrected chi connectivity index (χ4v) is 4.53. The van der Waals surface area contributed by atoms with E-state index in [0.29, 0.717) is 5.02 Å². The molecule has 2 aromatic carbocycles. The van der Waals surface area contributed by atoms with Gasteiger partial charge in [-0.3, -0.25) is 4.98 Å². The topological polar surface area (TPSA) is 65.3 Å². The maximum absolute atomic E-state index is 6.58. The molecule has 0 amide bonds. The van der Waals surface area contributed by atoms with Crippen molar-refractivity contribution in [1.29, 1.82) is 0 Å². The Morgan fingerprint density at radius 3 is 2.85 bits per heavy atom. The Bertz CT molecular complexity index is 1290. The van der Waals surface area contributed by atoms with Crippen LogP contribution >= 0.6 is 11.6 Å². The maximum atomic E-state index is 6.58.